The van der Waals surface area contributed by atoms with Gasteiger partial charge in [0.2, 0.25) is 0 Å². The van der Waals surface area contributed by atoms with Crippen molar-refractivity contribution < 1.29 is 0 Å². The quantitative estimate of drug-likeness (QED) is 0.620. The Morgan fingerprint density at radius 3 is 2.42 bits per heavy atom. The van der Waals surface area contributed by atoms with Gasteiger partial charge in [0.05, 0.1) is 0 Å². The number of nitrogens with two attached hydrogens (primary N) is 1. The van der Waals surface area contributed by atoms with E-state index in [1.165, 1.54) is 0 Å². The Balaban J connectivity index is 0. The van der Waals surface area contributed by atoms with Gasteiger partial charge in [0.25, 0.3) is 0 Å². The van der Waals surface area contributed by atoms with E-state index in [4.69, 9.17) is 5.73 Å². The molecule has 0 amide bonds. The van der Waals surface area contributed by atoms with E-state index >= 15 is 0 Å². The molecule has 2 nitrogen and oxygen atoms in total. The predicted molar refractivity (Wildman–Crippen MR) is 57.0 cm³/mol. The summed E-state index contributed by atoms with van der Waals surface area (Å²) in [5, 5.41) is 3.14. The monoisotopic (exact) mass is 170 g/mol. The average Bonchev–Trinajstić information content (AvgIpc) is 2.15. The highest BCUT2D eigenvalue weighted by Crippen LogP contribution is 1.89. The highest BCUT2D eigenvalue weighted by molar-refractivity contribution is 4.90. The maximum absolute atomic E-state index is 5.36. The SMILES string of the molecule is C=CC(CCN)N/C=C\C.CC. The Kier molecular flexibility index (Phi) is 14.8. The van der Waals surface area contributed by atoms with Crippen molar-refractivity contribution in [2.75, 3.05) is 6.54 Å². The summed E-state index contributed by atoms with van der Waals surface area (Å²) in [6, 6.07) is 0.321. The molecule has 12 heavy (non-hydrogen) atoms. The summed E-state index contributed by atoms with van der Waals surface area (Å²) < 4.78 is 0. The molecule has 1 atom stereocenters. The van der Waals surface area contributed by atoms with Gasteiger partial charge in [-0.3, -0.25) is 0 Å². The van der Waals surface area contributed by atoms with Gasteiger partial charge in [-0.2, -0.15) is 0 Å². The van der Waals surface area contributed by atoms with Crippen LogP contribution in [0.25, 0.3) is 0 Å². The third-order valence-electron chi connectivity index (χ3n) is 1.24. The fourth-order valence-electron chi connectivity index (χ4n) is 0.669. The first-order valence-electron chi connectivity index (χ1n) is 4.55. The van der Waals surface area contributed by atoms with E-state index in [0.29, 0.717) is 12.6 Å². The lowest BCUT2D eigenvalue weighted by Crippen LogP contribution is -2.24. The molecule has 0 aliphatic heterocycles. The standard InChI is InChI=1S/C8H16N2.C2H6/c1-3-7-10-8(4-2)5-6-9;1-2/h3-4,7-8,10H,2,5-6,9H2,1H3;1-2H3/b7-3-;. The Hall–Kier alpha value is -0.760. The highest BCUT2D eigenvalue weighted by atomic mass is 14.9. The van der Waals surface area contributed by atoms with Crippen molar-refractivity contribution in [2.45, 2.75) is 33.2 Å². The topological polar surface area (TPSA) is 38.0 Å². The zero-order valence-corrected chi connectivity index (χ0v) is 8.51. The summed E-state index contributed by atoms with van der Waals surface area (Å²) >= 11 is 0. The largest absolute Gasteiger partial charge is 0.385 e. The molecule has 0 radical (unpaired) electrons. The predicted octanol–water partition coefficient (Wildman–Crippen LogP) is 2.04. The summed E-state index contributed by atoms with van der Waals surface area (Å²) in [7, 11) is 0. The Morgan fingerprint density at radius 2 is 2.08 bits per heavy atom. The molecule has 0 rings (SSSR count). The molecule has 3 N–H and O–H groups in total. The molecular formula is C10H22N2. The molecular weight excluding hydrogens is 148 g/mol. The van der Waals surface area contributed by atoms with E-state index in [9.17, 15) is 0 Å². The molecule has 0 aliphatic rings. The van der Waals surface area contributed by atoms with Gasteiger partial charge in [0.15, 0.2) is 0 Å². The van der Waals surface area contributed by atoms with Crippen molar-refractivity contribution in [3.05, 3.63) is 24.9 Å². The Bertz CT molecular complexity index is 108. The lowest BCUT2D eigenvalue weighted by Gasteiger charge is -2.09. The molecule has 0 fully saturated rings. The van der Waals surface area contributed by atoms with Crippen LogP contribution in [0.1, 0.15) is 27.2 Å². The van der Waals surface area contributed by atoms with Crippen molar-refractivity contribution in [1.29, 1.82) is 0 Å². The van der Waals surface area contributed by atoms with Crippen LogP contribution in [0.2, 0.25) is 0 Å². The van der Waals surface area contributed by atoms with Crippen molar-refractivity contribution in [2.24, 2.45) is 5.73 Å². The van der Waals surface area contributed by atoms with Crippen molar-refractivity contribution in [1.82, 2.24) is 5.32 Å². The maximum Gasteiger partial charge on any atom is 0.0448 e. The molecule has 0 saturated heterocycles. The van der Waals surface area contributed by atoms with Crippen molar-refractivity contribution >= 4 is 0 Å². The normalized spacial score (nSPS) is 11.7. The van der Waals surface area contributed by atoms with E-state index < -0.39 is 0 Å². The minimum absolute atomic E-state index is 0.321. The molecule has 0 bridgehead atoms. The van der Waals surface area contributed by atoms with Crippen LogP contribution in [-0.4, -0.2) is 12.6 Å². The average molecular weight is 170 g/mol. The van der Waals surface area contributed by atoms with Gasteiger partial charge < -0.3 is 11.1 Å². The van der Waals surface area contributed by atoms with Gasteiger partial charge in [-0.25, -0.2) is 0 Å². The minimum Gasteiger partial charge on any atom is -0.385 e. The summed E-state index contributed by atoms with van der Waals surface area (Å²) in [6.07, 6.45) is 6.66. The molecule has 0 aromatic rings. The van der Waals surface area contributed by atoms with Crippen LogP contribution in [0.5, 0.6) is 0 Å². The second-order valence-corrected chi connectivity index (χ2v) is 2.09. The van der Waals surface area contributed by atoms with E-state index in [1.807, 2.05) is 39.1 Å². The van der Waals surface area contributed by atoms with Crippen LogP contribution in [0, 0.1) is 0 Å². The van der Waals surface area contributed by atoms with Gasteiger partial charge in [-0.1, -0.05) is 26.0 Å². The number of nitrogens with one attached hydrogen (secondary N) is 1. The number of rotatable bonds is 5. The fourth-order valence-corrected chi connectivity index (χ4v) is 0.669. The molecule has 2 heteroatoms. The number of hydrogen-bond donors (Lipinski definition) is 2. The second kappa shape index (κ2) is 12.9. The summed E-state index contributed by atoms with van der Waals surface area (Å²) in [6.45, 7) is 10.3. The van der Waals surface area contributed by atoms with Gasteiger partial charge in [0, 0.05) is 6.04 Å². The Labute approximate surface area is 76.5 Å². The van der Waals surface area contributed by atoms with Crippen LogP contribution in [-0.2, 0) is 0 Å². The first kappa shape index (κ1) is 13.8. The lowest BCUT2D eigenvalue weighted by atomic mass is 10.2. The van der Waals surface area contributed by atoms with Crippen LogP contribution in [0.3, 0.4) is 0 Å². The maximum atomic E-state index is 5.36. The van der Waals surface area contributed by atoms with Crippen molar-refractivity contribution in [3.63, 3.8) is 0 Å². The van der Waals surface area contributed by atoms with Crippen LogP contribution in [0.15, 0.2) is 24.9 Å². The summed E-state index contributed by atoms with van der Waals surface area (Å²) in [5.41, 5.74) is 5.36. The zero-order chi connectivity index (χ0) is 9.82. The van der Waals surface area contributed by atoms with Gasteiger partial charge in [-0.05, 0) is 26.1 Å². The molecule has 0 aliphatic carbocycles. The zero-order valence-electron chi connectivity index (χ0n) is 8.51. The smallest absolute Gasteiger partial charge is 0.0448 e. The molecule has 0 heterocycles. The third-order valence-corrected chi connectivity index (χ3v) is 1.24. The van der Waals surface area contributed by atoms with Crippen molar-refractivity contribution in [3.8, 4) is 0 Å². The van der Waals surface area contributed by atoms with Crippen LogP contribution in [0.4, 0.5) is 0 Å². The molecule has 72 valence electrons. The van der Waals surface area contributed by atoms with Gasteiger partial charge in [0.1, 0.15) is 0 Å². The third kappa shape index (κ3) is 9.24. The van der Waals surface area contributed by atoms with E-state index in [2.05, 4.69) is 11.9 Å². The molecule has 1 unspecified atom stereocenters. The summed E-state index contributed by atoms with van der Waals surface area (Å²) in [4.78, 5) is 0. The van der Waals surface area contributed by atoms with E-state index in [0.717, 1.165) is 6.42 Å². The number of hydrogen-bond acceptors (Lipinski definition) is 2. The van der Waals surface area contributed by atoms with E-state index in [-0.39, 0.29) is 0 Å². The highest BCUT2D eigenvalue weighted by Gasteiger charge is 1.96. The minimum atomic E-state index is 0.321. The lowest BCUT2D eigenvalue weighted by molar-refractivity contribution is 0.647. The summed E-state index contributed by atoms with van der Waals surface area (Å²) in [5.74, 6) is 0. The Morgan fingerprint density at radius 1 is 1.50 bits per heavy atom. The second-order valence-electron chi connectivity index (χ2n) is 2.09. The molecule has 0 aromatic carbocycles. The molecule has 0 saturated carbocycles. The first-order chi connectivity index (χ1) is 5.85. The molecule has 0 spiro atoms. The van der Waals surface area contributed by atoms with Gasteiger partial charge >= 0.3 is 0 Å². The number of allylic oxidation sites excluding steroid dienone is 1. The fraction of sp³-hybridized carbons (Fsp3) is 0.600. The van der Waals surface area contributed by atoms with Crippen LogP contribution >= 0.6 is 0 Å². The van der Waals surface area contributed by atoms with E-state index in [1.54, 1.807) is 0 Å². The van der Waals surface area contributed by atoms with Crippen LogP contribution < -0.4 is 11.1 Å². The van der Waals surface area contributed by atoms with Gasteiger partial charge in [-0.15, -0.1) is 6.58 Å². The molecule has 0 aromatic heterocycles. The first-order valence-corrected chi connectivity index (χ1v) is 4.55.